The zero-order valence-electron chi connectivity index (χ0n) is 14.4. The summed E-state index contributed by atoms with van der Waals surface area (Å²) in [5.41, 5.74) is 0.558. The molecule has 1 atom stereocenters. The van der Waals surface area contributed by atoms with Crippen molar-refractivity contribution in [2.45, 2.75) is 26.7 Å². The lowest BCUT2D eigenvalue weighted by Gasteiger charge is -2.26. The lowest BCUT2D eigenvalue weighted by Crippen LogP contribution is -2.42. The van der Waals surface area contributed by atoms with Crippen molar-refractivity contribution in [3.8, 4) is 0 Å². The number of benzene rings is 1. The fourth-order valence-electron chi connectivity index (χ4n) is 2.97. The third-order valence-electron chi connectivity index (χ3n) is 4.13. The molecule has 0 saturated carbocycles. The Morgan fingerprint density at radius 1 is 1.32 bits per heavy atom. The van der Waals surface area contributed by atoms with Crippen molar-refractivity contribution in [3.63, 3.8) is 0 Å². The van der Waals surface area contributed by atoms with Crippen LogP contribution in [-0.2, 0) is 14.4 Å². The number of hydrogen-bond acceptors (Lipinski definition) is 3. The van der Waals surface area contributed by atoms with Crippen LogP contribution in [0, 0.1) is 17.7 Å². The van der Waals surface area contributed by atoms with Crippen LogP contribution in [0.2, 0.25) is 0 Å². The van der Waals surface area contributed by atoms with E-state index in [1.165, 1.54) is 34.1 Å². The molecule has 1 aliphatic heterocycles. The Labute approximate surface area is 146 Å². The van der Waals surface area contributed by atoms with Gasteiger partial charge in [-0.1, -0.05) is 13.8 Å². The molecular weight excluding hydrogens is 327 g/mol. The highest BCUT2D eigenvalue weighted by atomic mass is 19.1. The zero-order valence-corrected chi connectivity index (χ0v) is 14.4. The van der Waals surface area contributed by atoms with E-state index < -0.39 is 11.9 Å². The Morgan fingerprint density at radius 2 is 1.96 bits per heavy atom. The smallest absolute Gasteiger partial charge is 0.305 e. The van der Waals surface area contributed by atoms with Crippen molar-refractivity contribution < 1.29 is 23.9 Å². The molecule has 1 fully saturated rings. The minimum Gasteiger partial charge on any atom is -0.481 e. The van der Waals surface area contributed by atoms with Gasteiger partial charge in [-0.25, -0.2) is 4.39 Å². The molecule has 1 saturated heterocycles. The zero-order chi connectivity index (χ0) is 18.6. The van der Waals surface area contributed by atoms with Gasteiger partial charge in [-0.3, -0.25) is 14.4 Å². The molecule has 0 aliphatic carbocycles. The van der Waals surface area contributed by atoms with E-state index in [0.717, 1.165) is 0 Å². The predicted octanol–water partition coefficient (Wildman–Crippen LogP) is 2.14. The fourth-order valence-corrected chi connectivity index (χ4v) is 2.97. The molecule has 0 aromatic heterocycles. The number of amides is 2. The monoisotopic (exact) mass is 350 g/mol. The molecule has 136 valence electrons. The van der Waals surface area contributed by atoms with Crippen LogP contribution >= 0.6 is 0 Å². The van der Waals surface area contributed by atoms with Gasteiger partial charge in [0.15, 0.2) is 0 Å². The number of carbonyl (C=O) groups excluding carboxylic acids is 2. The first-order valence-corrected chi connectivity index (χ1v) is 8.37. The Kier molecular flexibility index (Phi) is 6.12. The number of carbonyl (C=O) groups is 3. The number of aliphatic carboxylic acids is 1. The maximum absolute atomic E-state index is 13.0. The van der Waals surface area contributed by atoms with E-state index in [1.807, 2.05) is 13.8 Å². The average Bonchev–Trinajstić information content (AvgIpc) is 2.92. The topological polar surface area (TPSA) is 77.9 Å². The van der Waals surface area contributed by atoms with Crippen molar-refractivity contribution in [2.75, 3.05) is 24.5 Å². The van der Waals surface area contributed by atoms with E-state index in [1.54, 1.807) is 0 Å². The van der Waals surface area contributed by atoms with Crippen LogP contribution in [0.4, 0.5) is 10.1 Å². The third kappa shape index (κ3) is 4.78. The number of anilines is 1. The summed E-state index contributed by atoms with van der Waals surface area (Å²) in [5, 5.41) is 8.86. The van der Waals surface area contributed by atoms with Crippen molar-refractivity contribution in [1.29, 1.82) is 0 Å². The average molecular weight is 350 g/mol. The maximum Gasteiger partial charge on any atom is 0.305 e. The molecule has 1 N–H and O–H groups in total. The van der Waals surface area contributed by atoms with Gasteiger partial charge in [0.05, 0.1) is 6.42 Å². The second-order valence-electron chi connectivity index (χ2n) is 6.63. The van der Waals surface area contributed by atoms with Gasteiger partial charge in [-0.2, -0.15) is 0 Å². The van der Waals surface area contributed by atoms with Gasteiger partial charge < -0.3 is 14.9 Å². The quantitative estimate of drug-likeness (QED) is 0.764. The number of rotatable bonds is 7. The molecule has 2 amide bonds. The summed E-state index contributed by atoms with van der Waals surface area (Å²) < 4.78 is 13.0. The molecule has 25 heavy (non-hydrogen) atoms. The Hall–Kier alpha value is -2.44. The number of halogens is 1. The number of hydrogen-bond donors (Lipinski definition) is 1. The fraction of sp³-hybridized carbons (Fsp3) is 0.500. The van der Waals surface area contributed by atoms with Crippen molar-refractivity contribution in [3.05, 3.63) is 30.1 Å². The number of carboxylic acid groups (broad SMARTS) is 1. The molecule has 1 aromatic carbocycles. The van der Waals surface area contributed by atoms with Gasteiger partial charge >= 0.3 is 5.97 Å². The van der Waals surface area contributed by atoms with Crippen LogP contribution in [0.25, 0.3) is 0 Å². The van der Waals surface area contributed by atoms with Crippen LogP contribution in [0.15, 0.2) is 24.3 Å². The molecular formula is C18H23FN2O4. The standard InChI is InChI=1S/C18H23FN2O4/c1-12(2)11-20(9-8-16(22)23)17(24)15-7-10-21(18(15)25)14-5-3-13(19)4-6-14/h3-6,12,15H,7-11H2,1-2H3,(H,22,23). The van der Waals surface area contributed by atoms with Gasteiger partial charge in [0.25, 0.3) is 0 Å². The minimum absolute atomic E-state index is 0.0900. The van der Waals surface area contributed by atoms with Crippen LogP contribution in [0.1, 0.15) is 26.7 Å². The lowest BCUT2D eigenvalue weighted by molar-refractivity contribution is -0.141. The lowest BCUT2D eigenvalue weighted by atomic mass is 10.1. The third-order valence-corrected chi connectivity index (χ3v) is 4.13. The SMILES string of the molecule is CC(C)CN(CCC(=O)O)C(=O)C1CCN(c2ccc(F)cc2)C1=O. The second kappa shape index (κ2) is 8.09. The van der Waals surface area contributed by atoms with Crippen molar-refractivity contribution in [2.24, 2.45) is 11.8 Å². The predicted molar refractivity (Wildman–Crippen MR) is 90.5 cm³/mol. The highest BCUT2D eigenvalue weighted by Gasteiger charge is 2.39. The summed E-state index contributed by atoms with van der Waals surface area (Å²) in [6.07, 6.45) is 0.220. The molecule has 1 aromatic rings. The van der Waals surface area contributed by atoms with Gasteiger partial charge in [-0.15, -0.1) is 0 Å². The molecule has 1 unspecified atom stereocenters. The van der Waals surface area contributed by atoms with E-state index >= 15 is 0 Å². The summed E-state index contributed by atoms with van der Waals surface area (Å²) in [6.45, 7) is 4.75. The summed E-state index contributed by atoms with van der Waals surface area (Å²) in [5.74, 6) is -2.66. The molecule has 6 nitrogen and oxygen atoms in total. The van der Waals surface area contributed by atoms with E-state index in [0.29, 0.717) is 25.2 Å². The van der Waals surface area contributed by atoms with E-state index in [9.17, 15) is 18.8 Å². The van der Waals surface area contributed by atoms with Gasteiger partial charge in [0, 0.05) is 25.3 Å². The van der Waals surface area contributed by atoms with Crippen molar-refractivity contribution >= 4 is 23.5 Å². The molecule has 0 spiro atoms. The Bertz CT molecular complexity index is 645. The number of carboxylic acids is 1. The molecule has 0 radical (unpaired) electrons. The van der Waals surface area contributed by atoms with Gasteiger partial charge in [0.1, 0.15) is 11.7 Å². The van der Waals surface area contributed by atoms with Gasteiger partial charge in [-0.05, 0) is 36.6 Å². The van der Waals surface area contributed by atoms with Crippen LogP contribution < -0.4 is 4.90 Å². The van der Waals surface area contributed by atoms with E-state index in [2.05, 4.69) is 0 Å². The number of nitrogens with zero attached hydrogens (tertiary/aromatic N) is 2. The van der Waals surface area contributed by atoms with Crippen LogP contribution in [0.5, 0.6) is 0 Å². The second-order valence-corrected chi connectivity index (χ2v) is 6.63. The van der Waals surface area contributed by atoms with Gasteiger partial charge in [0.2, 0.25) is 11.8 Å². The normalized spacial score (nSPS) is 17.2. The van der Waals surface area contributed by atoms with E-state index in [4.69, 9.17) is 5.11 Å². The minimum atomic E-state index is -0.979. The molecule has 2 rings (SSSR count). The Balaban J connectivity index is 2.10. The van der Waals surface area contributed by atoms with E-state index in [-0.39, 0.29) is 36.5 Å². The molecule has 7 heteroatoms. The highest BCUT2D eigenvalue weighted by molar-refractivity contribution is 6.09. The maximum atomic E-state index is 13.0. The van der Waals surface area contributed by atoms with Crippen LogP contribution in [-0.4, -0.2) is 47.4 Å². The largest absolute Gasteiger partial charge is 0.481 e. The molecule has 1 heterocycles. The summed E-state index contributed by atoms with van der Waals surface area (Å²) in [4.78, 5) is 39.2. The Morgan fingerprint density at radius 3 is 2.52 bits per heavy atom. The molecule has 0 bridgehead atoms. The first kappa shape index (κ1) is 18.9. The molecule has 1 aliphatic rings. The highest BCUT2D eigenvalue weighted by Crippen LogP contribution is 2.27. The summed E-state index contributed by atoms with van der Waals surface area (Å²) in [7, 11) is 0. The first-order chi connectivity index (χ1) is 11.8. The first-order valence-electron chi connectivity index (χ1n) is 8.37. The van der Waals surface area contributed by atoms with Crippen molar-refractivity contribution in [1.82, 2.24) is 4.90 Å². The summed E-state index contributed by atoms with van der Waals surface area (Å²) >= 11 is 0. The van der Waals surface area contributed by atoms with Crippen LogP contribution in [0.3, 0.4) is 0 Å². The summed E-state index contributed by atoms with van der Waals surface area (Å²) in [6, 6.07) is 5.57.